The summed E-state index contributed by atoms with van der Waals surface area (Å²) in [5.74, 6) is 0.194. The number of thioether (sulfide) groups is 1. The van der Waals surface area contributed by atoms with Crippen molar-refractivity contribution in [3.05, 3.63) is 29.5 Å². The van der Waals surface area contributed by atoms with E-state index in [1.54, 1.807) is 17.3 Å². The highest BCUT2D eigenvalue weighted by atomic mass is 32.2. The van der Waals surface area contributed by atoms with Gasteiger partial charge in [-0.2, -0.15) is 0 Å². The Kier molecular flexibility index (Phi) is 5.31. The Labute approximate surface area is 123 Å². The number of hydrogen-bond donors (Lipinski definition) is 2. The molecule has 0 aliphatic carbocycles. The molecule has 2 aromatic rings. The van der Waals surface area contributed by atoms with Gasteiger partial charge in [-0.05, 0) is 24.6 Å². The van der Waals surface area contributed by atoms with Crippen molar-refractivity contribution in [3.63, 3.8) is 0 Å². The second kappa shape index (κ2) is 7.20. The first-order chi connectivity index (χ1) is 9.65. The average Bonchev–Trinajstić information content (AvgIpc) is 2.92. The van der Waals surface area contributed by atoms with E-state index in [1.165, 1.54) is 29.5 Å². The van der Waals surface area contributed by atoms with Crippen LogP contribution in [-0.2, 0) is 4.79 Å². The Morgan fingerprint density at radius 2 is 2.35 bits per heavy atom. The summed E-state index contributed by atoms with van der Waals surface area (Å²) in [6.45, 7) is 0. The lowest BCUT2D eigenvalue weighted by Gasteiger charge is -2.06. The lowest BCUT2D eigenvalue weighted by molar-refractivity contribution is -0.116. The van der Waals surface area contributed by atoms with Gasteiger partial charge in [-0.25, -0.2) is 4.39 Å². The highest BCUT2D eigenvalue weighted by Gasteiger charge is 2.05. The number of rotatable bonds is 6. The summed E-state index contributed by atoms with van der Waals surface area (Å²) >= 11 is 3.05. The highest BCUT2D eigenvalue weighted by Crippen LogP contribution is 2.20. The molecule has 0 radical (unpaired) electrons. The lowest BCUT2D eigenvalue weighted by Crippen LogP contribution is -2.11. The molecule has 0 aliphatic rings. The second-order valence-electron chi connectivity index (χ2n) is 3.94. The van der Waals surface area contributed by atoms with E-state index < -0.39 is 5.82 Å². The predicted molar refractivity (Wildman–Crippen MR) is 79.3 cm³/mol. The van der Waals surface area contributed by atoms with Gasteiger partial charge >= 0.3 is 0 Å². The van der Waals surface area contributed by atoms with Crippen molar-refractivity contribution in [2.24, 2.45) is 0 Å². The van der Waals surface area contributed by atoms with Crippen molar-refractivity contribution in [1.29, 1.82) is 0 Å². The molecule has 3 N–H and O–H groups in total. The molecular weight excluding hydrogens is 299 g/mol. The molecule has 0 unspecified atom stereocenters. The van der Waals surface area contributed by atoms with E-state index in [0.717, 1.165) is 16.5 Å². The topological polar surface area (TPSA) is 80.9 Å². The number of nitrogens with two attached hydrogens (primary N) is 1. The minimum absolute atomic E-state index is 0.0228. The molecule has 1 amide bonds. The molecule has 0 spiro atoms. The third kappa shape index (κ3) is 4.46. The highest BCUT2D eigenvalue weighted by molar-refractivity contribution is 8.00. The monoisotopic (exact) mass is 312 g/mol. The fourth-order valence-corrected chi connectivity index (χ4v) is 2.96. The van der Waals surface area contributed by atoms with Crippen molar-refractivity contribution in [3.8, 4) is 0 Å². The summed E-state index contributed by atoms with van der Waals surface area (Å²) < 4.78 is 13.9. The Bertz CT molecular complexity index is 577. The second-order valence-corrected chi connectivity index (χ2v) is 6.12. The van der Waals surface area contributed by atoms with Crippen LogP contribution >= 0.6 is 23.1 Å². The molecule has 0 saturated carbocycles. The first-order valence-electron chi connectivity index (χ1n) is 5.89. The minimum atomic E-state index is -0.489. The molecule has 0 atom stereocenters. The number of nitrogen functional groups attached to an aromatic ring is 1. The SMILES string of the molecule is Nc1cc(NC(=O)CCCSc2nncs2)ccc1F. The van der Waals surface area contributed by atoms with E-state index in [4.69, 9.17) is 5.73 Å². The lowest BCUT2D eigenvalue weighted by atomic mass is 10.2. The van der Waals surface area contributed by atoms with E-state index in [1.807, 2.05) is 0 Å². The van der Waals surface area contributed by atoms with Crippen LogP contribution < -0.4 is 11.1 Å². The number of nitrogens with one attached hydrogen (secondary N) is 1. The number of anilines is 2. The summed E-state index contributed by atoms with van der Waals surface area (Å²) in [5, 5.41) is 10.3. The van der Waals surface area contributed by atoms with Crippen molar-refractivity contribution in [2.75, 3.05) is 16.8 Å². The van der Waals surface area contributed by atoms with Crippen molar-refractivity contribution >= 4 is 40.4 Å². The molecular formula is C12H13FN4OS2. The van der Waals surface area contributed by atoms with Crippen molar-refractivity contribution in [2.45, 2.75) is 17.2 Å². The molecule has 0 bridgehead atoms. The van der Waals surface area contributed by atoms with Gasteiger partial charge in [-0.15, -0.1) is 10.2 Å². The van der Waals surface area contributed by atoms with Crippen molar-refractivity contribution < 1.29 is 9.18 Å². The van der Waals surface area contributed by atoms with Crippen LogP contribution in [0.5, 0.6) is 0 Å². The summed E-state index contributed by atoms with van der Waals surface area (Å²) in [7, 11) is 0. The largest absolute Gasteiger partial charge is 0.396 e. The Morgan fingerprint density at radius 3 is 3.05 bits per heavy atom. The van der Waals surface area contributed by atoms with Crippen LogP contribution in [0.25, 0.3) is 0 Å². The zero-order valence-corrected chi connectivity index (χ0v) is 12.1. The summed E-state index contributed by atoms with van der Waals surface area (Å²) in [4.78, 5) is 11.7. The summed E-state index contributed by atoms with van der Waals surface area (Å²) in [6, 6.07) is 4.12. The number of carbonyl (C=O) groups is 1. The van der Waals surface area contributed by atoms with Gasteiger partial charge in [0.2, 0.25) is 5.91 Å². The van der Waals surface area contributed by atoms with Crippen LogP contribution in [0.3, 0.4) is 0 Å². The van der Waals surface area contributed by atoms with Crippen LogP contribution in [0.4, 0.5) is 15.8 Å². The zero-order chi connectivity index (χ0) is 14.4. The van der Waals surface area contributed by atoms with Gasteiger partial charge in [0.15, 0.2) is 4.34 Å². The quantitative estimate of drug-likeness (QED) is 0.487. The van der Waals surface area contributed by atoms with E-state index in [9.17, 15) is 9.18 Å². The maximum Gasteiger partial charge on any atom is 0.224 e. The van der Waals surface area contributed by atoms with Gasteiger partial charge in [0, 0.05) is 17.9 Å². The average molecular weight is 312 g/mol. The normalized spacial score (nSPS) is 10.4. The fraction of sp³-hybridized carbons (Fsp3) is 0.250. The van der Waals surface area contributed by atoms with Gasteiger partial charge < -0.3 is 11.1 Å². The van der Waals surface area contributed by atoms with Crippen LogP contribution in [-0.4, -0.2) is 21.9 Å². The fourth-order valence-electron chi connectivity index (χ4n) is 1.46. The molecule has 8 heteroatoms. The van der Waals surface area contributed by atoms with Crippen LogP contribution in [0.2, 0.25) is 0 Å². The molecule has 1 aromatic carbocycles. The summed E-state index contributed by atoms with van der Waals surface area (Å²) in [6.07, 6.45) is 1.12. The van der Waals surface area contributed by atoms with E-state index in [-0.39, 0.29) is 11.6 Å². The third-order valence-electron chi connectivity index (χ3n) is 2.39. The van der Waals surface area contributed by atoms with Crippen molar-refractivity contribution in [1.82, 2.24) is 10.2 Å². The van der Waals surface area contributed by atoms with Gasteiger partial charge in [0.05, 0.1) is 5.69 Å². The molecule has 2 rings (SSSR count). The summed E-state index contributed by atoms with van der Waals surface area (Å²) in [5.41, 5.74) is 7.63. The molecule has 0 fully saturated rings. The molecule has 0 saturated heterocycles. The van der Waals surface area contributed by atoms with E-state index >= 15 is 0 Å². The Balaban J connectivity index is 1.71. The number of carbonyl (C=O) groups excluding carboxylic acids is 1. The Hall–Kier alpha value is -1.67. The standard InChI is InChI=1S/C12H13FN4OS2/c13-9-4-3-8(6-10(9)14)16-11(18)2-1-5-19-12-17-15-7-20-12/h3-4,6-7H,1-2,5,14H2,(H,16,18). The Morgan fingerprint density at radius 1 is 1.50 bits per heavy atom. The van der Waals surface area contributed by atoms with Gasteiger partial charge in [-0.1, -0.05) is 23.1 Å². The number of benzene rings is 1. The molecule has 1 heterocycles. The first kappa shape index (κ1) is 14.7. The molecule has 0 aliphatic heterocycles. The smallest absolute Gasteiger partial charge is 0.224 e. The van der Waals surface area contributed by atoms with Gasteiger partial charge in [0.1, 0.15) is 11.3 Å². The zero-order valence-electron chi connectivity index (χ0n) is 10.5. The minimum Gasteiger partial charge on any atom is -0.396 e. The number of hydrogen-bond acceptors (Lipinski definition) is 6. The molecule has 5 nitrogen and oxygen atoms in total. The number of amides is 1. The van der Waals surface area contributed by atoms with Gasteiger partial charge in [0.25, 0.3) is 0 Å². The van der Waals surface area contributed by atoms with E-state index in [2.05, 4.69) is 15.5 Å². The maximum atomic E-state index is 13.0. The van der Waals surface area contributed by atoms with Crippen LogP contribution in [0.1, 0.15) is 12.8 Å². The van der Waals surface area contributed by atoms with Crippen LogP contribution in [0.15, 0.2) is 28.0 Å². The third-order valence-corrected chi connectivity index (χ3v) is 4.34. The molecule has 106 valence electrons. The molecule has 20 heavy (non-hydrogen) atoms. The predicted octanol–water partition coefficient (Wildman–Crippen LogP) is 2.77. The maximum absolute atomic E-state index is 13.0. The van der Waals surface area contributed by atoms with Crippen LogP contribution in [0, 0.1) is 5.82 Å². The van der Waals surface area contributed by atoms with E-state index in [0.29, 0.717) is 12.1 Å². The molecule has 1 aromatic heterocycles. The number of halogens is 1. The number of nitrogens with zero attached hydrogens (tertiary/aromatic N) is 2. The first-order valence-corrected chi connectivity index (χ1v) is 7.75. The van der Waals surface area contributed by atoms with Gasteiger partial charge in [-0.3, -0.25) is 4.79 Å². The number of aromatic nitrogens is 2.